The summed E-state index contributed by atoms with van der Waals surface area (Å²) < 4.78 is 0. The van der Waals surface area contributed by atoms with Crippen molar-refractivity contribution in [3.8, 4) is 0 Å². The second-order valence-corrected chi connectivity index (χ2v) is 6.16. The van der Waals surface area contributed by atoms with E-state index in [4.69, 9.17) is 41.2 Å². The van der Waals surface area contributed by atoms with E-state index in [9.17, 15) is 0 Å². The Labute approximate surface area is 138 Å². The van der Waals surface area contributed by atoms with Crippen LogP contribution in [0.2, 0.25) is 10.0 Å². The maximum Gasteiger partial charge on any atom is 0.140 e. The number of aryl methyl sites for hydroxylation is 2. The molecular formula is C15H13Cl2N3S. The molecule has 1 aromatic heterocycles. The minimum Gasteiger partial charge on any atom is -0.389 e. The third kappa shape index (κ3) is 2.84. The Balaban J connectivity index is 2.05. The van der Waals surface area contributed by atoms with Crippen molar-refractivity contribution in [1.82, 2.24) is 4.98 Å². The van der Waals surface area contributed by atoms with Crippen molar-refractivity contribution < 1.29 is 0 Å². The fourth-order valence-electron chi connectivity index (χ4n) is 2.48. The van der Waals surface area contributed by atoms with Gasteiger partial charge in [-0.15, -0.1) is 0 Å². The van der Waals surface area contributed by atoms with Gasteiger partial charge in [-0.2, -0.15) is 0 Å². The molecule has 0 bridgehead atoms. The normalized spacial score (nSPS) is 13.0. The fraction of sp³-hybridized carbons (Fsp3) is 0.200. The number of rotatable bonds is 3. The Hall–Kier alpha value is -1.36. The van der Waals surface area contributed by atoms with E-state index >= 15 is 0 Å². The number of benzene rings is 1. The molecule has 3 rings (SSSR count). The van der Waals surface area contributed by atoms with Crippen LogP contribution in [0.5, 0.6) is 0 Å². The van der Waals surface area contributed by atoms with E-state index in [-0.39, 0.29) is 0 Å². The molecule has 0 radical (unpaired) electrons. The van der Waals surface area contributed by atoms with E-state index in [1.807, 2.05) is 18.2 Å². The second-order valence-electron chi connectivity index (χ2n) is 4.93. The van der Waals surface area contributed by atoms with Gasteiger partial charge in [-0.05, 0) is 43.0 Å². The van der Waals surface area contributed by atoms with Gasteiger partial charge in [-0.3, -0.25) is 0 Å². The van der Waals surface area contributed by atoms with Crippen molar-refractivity contribution in [1.29, 1.82) is 0 Å². The zero-order valence-electron chi connectivity index (χ0n) is 11.1. The monoisotopic (exact) mass is 337 g/mol. The number of hydrogen-bond acceptors (Lipinski definition) is 3. The Morgan fingerprint density at radius 1 is 1.29 bits per heavy atom. The molecule has 0 aliphatic heterocycles. The molecule has 21 heavy (non-hydrogen) atoms. The highest BCUT2D eigenvalue weighted by Gasteiger charge is 2.18. The van der Waals surface area contributed by atoms with Crippen molar-refractivity contribution in [2.75, 3.05) is 5.32 Å². The molecule has 108 valence electrons. The van der Waals surface area contributed by atoms with Crippen molar-refractivity contribution >= 4 is 51.9 Å². The molecule has 2 aromatic rings. The SMILES string of the molecule is NC(=S)c1cc2c(nc1Nc1cccc(Cl)c1Cl)CCC2. The predicted molar refractivity (Wildman–Crippen MR) is 91.9 cm³/mol. The highest BCUT2D eigenvalue weighted by molar-refractivity contribution is 7.80. The van der Waals surface area contributed by atoms with Gasteiger partial charge in [0.15, 0.2) is 0 Å². The number of hydrogen-bond donors (Lipinski definition) is 2. The molecule has 0 atom stereocenters. The highest BCUT2D eigenvalue weighted by Crippen LogP contribution is 2.33. The lowest BCUT2D eigenvalue weighted by atomic mass is 10.1. The van der Waals surface area contributed by atoms with Crippen LogP contribution >= 0.6 is 35.4 Å². The van der Waals surface area contributed by atoms with Gasteiger partial charge in [-0.1, -0.05) is 41.5 Å². The standard InChI is InChI=1S/C15H13Cl2N3S/c16-10-4-2-6-12(13(10)17)20-15-9(14(18)21)7-8-3-1-5-11(8)19-15/h2,4,6-7H,1,3,5H2,(H2,18,21)(H,19,20). The molecule has 1 heterocycles. The number of aromatic nitrogens is 1. The zero-order valence-corrected chi connectivity index (χ0v) is 13.4. The summed E-state index contributed by atoms with van der Waals surface area (Å²) in [5.41, 5.74) is 9.56. The quantitative estimate of drug-likeness (QED) is 0.822. The Bertz CT molecular complexity index is 731. The molecule has 0 fully saturated rings. The van der Waals surface area contributed by atoms with E-state index in [0.717, 1.165) is 30.5 Å². The molecule has 3 nitrogen and oxygen atoms in total. The fourth-order valence-corrected chi connectivity index (χ4v) is 2.99. The summed E-state index contributed by atoms with van der Waals surface area (Å²) in [5, 5.41) is 4.14. The van der Waals surface area contributed by atoms with Gasteiger partial charge in [0.2, 0.25) is 0 Å². The summed E-state index contributed by atoms with van der Waals surface area (Å²) in [6, 6.07) is 7.43. The first-order valence-corrected chi connectivity index (χ1v) is 7.76. The third-order valence-electron chi connectivity index (χ3n) is 3.52. The van der Waals surface area contributed by atoms with E-state index < -0.39 is 0 Å². The molecule has 0 saturated carbocycles. The first-order chi connectivity index (χ1) is 10.1. The molecule has 0 saturated heterocycles. The number of anilines is 2. The minimum atomic E-state index is 0.317. The summed E-state index contributed by atoms with van der Waals surface area (Å²) in [7, 11) is 0. The summed E-state index contributed by atoms with van der Waals surface area (Å²) in [4.78, 5) is 4.98. The van der Waals surface area contributed by atoms with Crippen molar-refractivity contribution in [2.45, 2.75) is 19.3 Å². The number of fused-ring (bicyclic) bond motifs is 1. The van der Waals surface area contributed by atoms with Crippen LogP contribution in [0, 0.1) is 0 Å². The van der Waals surface area contributed by atoms with Gasteiger partial charge in [0.25, 0.3) is 0 Å². The van der Waals surface area contributed by atoms with Crippen LogP contribution in [0.25, 0.3) is 0 Å². The number of halogens is 2. The van der Waals surface area contributed by atoms with E-state index in [1.54, 1.807) is 6.07 Å². The Morgan fingerprint density at radius 2 is 2.10 bits per heavy atom. The Kier molecular flexibility index (Phi) is 4.02. The third-order valence-corrected chi connectivity index (χ3v) is 4.56. The number of nitrogens with one attached hydrogen (secondary N) is 1. The molecular weight excluding hydrogens is 325 g/mol. The van der Waals surface area contributed by atoms with E-state index in [2.05, 4.69) is 10.3 Å². The summed E-state index contributed by atoms with van der Waals surface area (Å²) >= 11 is 17.4. The topological polar surface area (TPSA) is 50.9 Å². The van der Waals surface area contributed by atoms with Crippen LogP contribution in [0.15, 0.2) is 24.3 Å². The van der Waals surface area contributed by atoms with Crippen molar-refractivity contribution in [3.05, 3.63) is 51.1 Å². The van der Waals surface area contributed by atoms with Crippen LogP contribution in [0.3, 0.4) is 0 Å². The van der Waals surface area contributed by atoms with Gasteiger partial charge < -0.3 is 11.1 Å². The van der Waals surface area contributed by atoms with Crippen LogP contribution in [0.4, 0.5) is 11.5 Å². The predicted octanol–water partition coefficient (Wildman–Crippen LogP) is 4.25. The van der Waals surface area contributed by atoms with Gasteiger partial charge >= 0.3 is 0 Å². The van der Waals surface area contributed by atoms with Gasteiger partial charge in [0, 0.05) is 5.69 Å². The molecule has 1 aliphatic carbocycles. The lowest BCUT2D eigenvalue weighted by Crippen LogP contribution is -2.14. The van der Waals surface area contributed by atoms with E-state index in [0.29, 0.717) is 26.5 Å². The second kappa shape index (κ2) is 5.79. The van der Waals surface area contributed by atoms with Crippen molar-refractivity contribution in [3.63, 3.8) is 0 Å². The molecule has 0 amide bonds. The number of thiocarbonyl (C=S) groups is 1. The smallest absolute Gasteiger partial charge is 0.140 e. The Morgan fingerprint density at radius 3 is 2.86 bits per heavy atom. The maximum atomic E-state index is 6.21. The van der Waals surface area contributed by atoms with Crippen LogP contribution < -0.4 is 11.1 Å². The molecule has 0 unspecified atom stereocenters. The number of pyridine rings is 1. The summed E-state index contributed by atoms with van der Waals surface area (Å²) in [5.74, 6) is 0.632. The lowest BCUT2D eigenvalue weighted by molar-refractivity contribution is 0.900. The van der Waals surface area contributed by atoms with Gasteiger partial charge in [-0.25, -0.2) is 4.98 Å². The number of nitrogens with two attached hydrogens (primary N) is 1. The lowest BCUT2D eigenvalue weighted by Gasteiger charge is -2.14. The molecule has 1 aliphatic rings. The maximum absolute atomic E-state index is 6.21. The van der Waals surface area contributed by atoms with E-state index in [1.165, 1.54) is 5.56 Å². The van der Waals surface area contributed by atoms with Crippen LogP contribution in [0.1, 0.15) is 23.2 Å². The molecule has 6 heteroatoms. The molecule has 3 N–H and O–H groups in total. The molecule has 0 spiro atoms. The largest absolute Gasteiger partial charge is 0.389 e. The van der Waals surface area contributed by atoms with Crippen LogP contribution in [-0.2, 0) is 12.8 Å². The summed E-state index contributed by atoms with van der Waals surface area (Å²) in [6.45, 7) is 0. The minimum absolute atomic E-state index is 0.317. The van der Waals surface area contributed by atoms with Crippen molar-refractivity contribution in [2.24, 2.45) is 5.73 Å². The first kappa shape index (κ1) is 14.6. The number of nitrogens with zero attached hydrogens (tertiary/aromatic N) is 1. The average Bonchev–Trinajstić information content (AvgIpc) is 2.90. The summed E-state index contributed by atoms with van der Waals surface area (Å²) in [6.07, 6.45) is 3.11. The van der Waals surface area contributed by atoms with Gasteiger partial charge in [0.1, 0.15) is 10.8 Å². The molecule has 1 aromatic carbocycles. The highest BCUT2D eigenvalue weighted by atomic mass is 35.5. The zero-order chi connectivity index (χ0) is 15.0. The van der Waals surface area contributed by atoms with Gasteiger partial charge in [0.05, 0.1) is 21.3 Å². The van der Waals surface area contributed by atoms with Crippen LogP contribution in [-0.4, -0.2) is 9.97 Å². The first-order valence-electron chi connectivity index (χ1n) is 6.60. The average molecular weight is 338 g/mol.